The highest BCUT2D eigenvalue weighted by Crippen LogP contribution is 2.16. The van der Waals surface area contributed by atoms with Gasteiger partial charge in [-0.1, -0.05) is 45.9 Å². The fourth-order valence-corrected chi connectivity index (χ4v) is 0.943. The van der Waals surface area contributed by atoms with E-state index >= 15 is 0 Å². The standard InChI is InChI=1S/C9H11F.C2H6.CH5N/c1-7(2)8-5-3-4-6-9(8)10;2*1-2/h3-7H,1-2H3;1-2H3;2H2,1H3. The molecule has 0 fully saturated rings. The number of hydrogen-bond acceptors (Lipinski definition) is 1. The van der Waals surface area contributed by atoms with Crippen molar-refractivity contribution in [1.29, 1.82) is 0 Å². The van der Waals surface area contributed by atoms with Gasteiger partial charge in [0.15, 0.2) is 0 Å². The maximum absolute atomic E-state index is 12.8. The summed E-state index contributed by atoms with van der Waals surface area (Å²) >= 11 is 0. The minimum atomic E-state index is -0.0995. The van der Waals surface area contributed by atoms with E-state index in [0.29, 0.717) is 0 Å². The third-order valence-corrected chi connectivity index (χ3v) is 1.53. The Morgan fingerprint density at radius 2 is 1.50 bits per heavy atom. The van der Waals surface area contributed by atoms with E-state index in [1.165, 1.54) is 13.1 Å². The average Bonchev–Trinajstić information content (AvgIpc) is 2.24. The summed E-state index contributed by atoms with van der Waals surface area (Å²) in [6.07, 6.45) is 0. The zero-order chi connectivity index (χ0) is 11.6. The molecule has 0 bridgehead atoms. The summed E-state index contributed by atoms with van der Waals surface area (Å²) in [6.45, 7) is 7.97. The molecule has 0 atom stereocenters. The van der Waals surface area contributed by atoms with Gasteiger partial charge in [0.05, 0.1) is 0 Å². The minimum Gasteiger partial charge on any atom is -0.333 e. The number of benzene rings is 1. The third-order valence-electron chi connectivity index (χ3n) is 1.53. The van der Waals surface area contributed by atoms with Crippen molar-refractivity contribution in [1.82, 2.24) is 0 Å². The fourth-order valence-electron chi connectivity index (χ4n) is 0.943. The first-order valence-corrected chi connectivity index (χ1v) is 5.04. The molecule has 82 valence electrons. The number of rotatable bonds is 1. The molecule has 2 N–H and O–H groups in total. The van der Waals surface area contributed by atoms with Crippen LogP contribution >= 0.6 is 0 Å². The van der Waals surface area contributed by atoms with Gasteiger partial charge in [-0.3, -0.25) is 0 Å². The van der Waals surface area contributed by atoms with Gasteiger partial charge in [0.25, 0.3) is 0 Å². The summed E-state index contributed by atoms with van der Waals surface area (Å²) in [4.78, 5) is 0. The zero-order valence-corrected chi connectivity index (χ0v) is 9.84. The third kappa shape index (κ3) is 5.70. The average molecular weight is 199 g/mol. The topological polar surface area (TPSA) is 26.0 Å². The Morgan fingerprint density at radius 3 is 1.79 bits per heavy atom. The maximum Gasteiger partial charge on any atom is 0.126 e. The molecular formula is C12H22FN. The van der Waals surface area contributed by atoms with Crippen LogP contribution in [0.4, 0.5) is 4.39 Å². The van der Waals surface area contributed by atoms with Gasteiger partial charge in [-0.15, -0.1) is 0 Å². The first-order valence-electron chi connectivity index (χ1n) is 5.04. The number of halogens is 1. The molecule has 0 saturated carbocycles. The predicted octanol–water partition coefficient (Wildman–Crippen LogP) is 3.55. The van der Waals surface area contributed by atoms with Crippen LogP contribution in [0, 0.1) is 5.82 Å². The SMILES string of the molecule is CC.CC(C)c1ccccc1F.CN. The molecule has 1 aromatic carbocycles. The van der Waals surface area contributed by atoms with Gasteiger partial charge in [-0.25, -0.2) is 4.39 Å². The second kappa shape index (κ2) is 10.2. The van der Waals surface area contributed by atoms with Crippen LogP contribution in [0.5, 0.6) is 0 Å². The molecule has 0 heterocycles. The molecule has 1 nitrogen and oxygen atoms in total. The summed E-state index contributed by atoms with van der Waals surface area (Å²) in [6, 6.07) is 6.88. The van der Waals surface area contributed by atoms with E-state index < -0.39 is 0 Å². The molecule has 2 heteroatoms. The Bertz CT molecular complexity index is 221. The Kier molecular flexibility index (Phi) is 11.3. The van der Waals surface area contributed by atoms with Crippen molar-refractivity contribution in [3.8, 4) is 0 Å². The predicted molar refractivity (Wildman–Crippen MR) is 61.9 cm³/mol. The highest BCUT2D eigenvalue weighted by Gasteiger charge is 2.02. The molecule has 0 aromatic heterocycles. The van der Waals surface area contributed by atoms with E-state index in [9.17, 15) is 4.39 Å². The smallest absolute Gasteiger partial charge is 0.126 e. The van der Waals surface area contributed by atoms with Crippen LogP contribution in [0.25, 0.3) is 0 Å². The van der Waals surface area contributed by atoms with Crippen LogP contribution in [-0.4, -0.2) is 7.05 Å². The van der Waals surface area contributed by atoms with Crippen LogP contribution in [0.3, 0.4) is 0 Å². The summed E-state index contributed by atoms with van der Waals surface area (Å²) in [7, 11) is 1.50. The lowest BCUT2D eigenvalue weighted by molar-refractivity contribution is 0.598. The second-order valence-electron chi connectivity index (χ2n) is 2.68. The Morgan fingerprint density at radius 1 is 1.07 bits per heavy atom. The summed E-state index contributed by atoms with van der Waals surface area (Å²) in [5.74, 6) is 0.179. The molecule has 0 radical (unpaired) electrons. The molecule has 0 aliphatic heterocycles. The van der Waals surface area contributed by atoms with Crippen molar-refractivity contribution < 1.29 is 4.39 Å². The summed E-state index contributed by atoms with van der Waals surface area (Å²) < 4.78 is 12.8. The van der Waals surface area contributed by atoms with Crippen LogP contribution in [0.2, 0.25) is 0 Å². The Balaban J connectivity index is 0. The highest BCUT2D eigenvalue weighted by molar-refractivity contribution is 5.20. The van der Waals surface area contributed by atoms with Crippen LogP contribution in [0.1, 0.15) is 39.2 Å². The molecule has 0 amide bonds. The minimum absolute atomic E-state index is 0.0995. The Hall–Kier alpha value is -0.890. The molecule has 0 aliphatic carbocycles. The molecule has 0 saturated heterocycles. The first-order chi connectivity index (χ1) is 6.72. The number of nitrogens with two attached hydrogens (primary N) is 1. The maximum atomic E-state index is 12.8. The molecular weight excluding hydrogens is 177 g/mol. The van der Waals surface area contributed by atoms with Crippen molar-refractivity contribution in [2.24, 2.45) is 5.73 Å². The van der Waals surface area contributed by atoms with Gasteiger partial charge in [-0.2, -0.15) is 0 Å². The van der Waals surface area contributed by atoms with Crippen molar-refractivity contribution >= 4 is 0 Å². The summed E-state index contributed by atoms with van der Waals surface area (Å²) in [5, 5.41) is 0. The normalized spacial score (nSPS) is 8.29. The van der Waals surface area contributed by atoms with Gasteiger partial charge < -0.3 is 5.73 Å². The fraction of sp³-hybridized carbons (Fsp3) is 0.500. The van der Waals surface area contributed by atoms with E-state index in [4.69, 9.17) is 0 Å². The monoisotopic (exact) mass is 199 g/mol. The van der Waals surface area contributed by atoms with E-state index in [2.05, 4.69) is 5.73 Å². The zero-order valence-electron chi connectivity index (χ0n) is 9.84. The Labute approximate surface area is 87.1 Å². The molecule has 1 aromatic rings. The molecule has 14 heavy (non-hydrogen) atoms. The van der Waals surface area contributed by atoms with Gasteiger partial charge in [0.2, 0.25) is 0 Å². The van der Waals surface area contributed by atoms with Crippen LogP contribution in [-0.2, 0) is 0 Å². The second-order valence-corrected chi connectivity index (χ2v) is 2.68. The highest BCUT2D eigenvalue weighted by atomic mass is 19.1. The lowest BCUT2D eigenvalue weighted by atomic mass is 10.0. The lowest BCUT2D eigenvalue weighted by Crippen LogP contribution is -1.90. The van der Waals surface area contributed by atoms with Crippen LogP contribution in [0.15, 0.2) is 24.3 Å². The van der Waals surface area contributed by atoms with Gasteiger partial charge >= 0.3 is 0 Å². The first kappa shape index (κ1) is 15.6. The van der Waals surface area contributed by atoms with Gasteiger partial charge in [-0.05, 0) is 24.6 Å². The summed E-state index contributed by atoms with van der Waals surface area (Å²) in [5.41, 5.74) is 5.29. The van der Waals surface area contributed by atoms with Crippen molar-refractivity contribution in [2.75, 3.05) is 7.05 Å². The van der Waals surface area contributed by atoms with Crippen LogP contribution < -0.4 is 5.73 Å². The largest absolute Gasteiger partial charge is 0.333 e. The van der Waals surface area contributed by atoms with E-state index in [-0.39, 0.29) is 11.7 Å². The van der Waals surface area contributed by atoms with Crippen molar-refractivity contribution in [2.45, 2.75) is 33.6 Å². The van der Waals surface area contributed by atoms with Crippen molar-refractivity contribution in [3.05, 3.63) is 35.6 Å². The van der Waals surface area contributed by atoms with E-state index in [0.717, 1.165) is 5.56 Å². The van der Waals surface area contributed by atoms with Gasteiger partial charge in [0.1, 0.15) is 5.82 Å². The van der Waals surface area contributed by atoms with Gasteiger partial charge in [0, 0.05) is 0 Å². The quantitative estimate of drug-likeness (QED) is 0.735. The van der Waals surface area contributed by atoms with Crippen molar-refractivity contribution in [3.63, 3.8) is 0 Å². The number of hydrogen-bond donors (Lipinski definition) is 1. The lowest BCUT2D eigenvalue weighted by Gasteiger charge is -2.04. The molecule has 0 aliphatic rings. The van der Waals surface area contributed by atoms with E-state index in [1.54, 1.807) is 6.07 Å². The molecule has 0 spiro atoms. The molecule has 1 rings (SSSR count). The van der Waals surface area contributed by atoms with E-state index in [1.807, 2.05) is 39.8 Å². The molecule has 0 unspecified atom stereocenters.